The predicted octanol–water partition coefficient (Wildman–Crippen LogP) is 1.26. The number of hydrogen-bond donors (Lipinski definition) is 1. The Balaban J connectivity index is 2.77. The van der Waals surface area contributed by atoms with E-state index in [2.05, 4.69) is 4.72 Å². The quantitative estimate of drug-likeness (QED) is 0.677. The van der Waals surface area contributed by atoms with Crippen LogP contribution in [0.1, 0.15) is 11.1 Å². The van der Waals surface area contributed by atoms with Crippen molar-refractivity contribution in [3.8, 4) is 0 Å². The van der Waals surface area contributed by atoms with Crippen LogP contribution in [0.25, 0.3) is 6.08 Å². The summed E-state index contributed by atoms with van der Waals surface area (Å²) in [7, 11) is -3.30. The Morgan fingerprint density at radius 1 is 1.31 bits per heavy atom. The van der Waals surface area contributed by atoms with Gasteiger partial charge in [-0.2, -0.15) is 0 Å². The maximum atomic E-state index is 11.5. The first kappa shape index (κ1) is 8.31. The molecular weight excluding hydrogens is 186 g/mol. The molecule has 68 valence electrons. The molecule has 2 rings (SSSR count). The third kappa shape index (κ3) is 1.33. The van der Waals surface area contributed by atoms with Crippen LogP contribution in [0.2, 0.25) is 0 Å². The van der Waals surface area contributed by atoms with E-state index in [1.807, 2.05) is 13.0 Å². The SMILES string of the molecule is Cc1ccc2c(c1)S(=O)(=O)NC=C2. The van der Waals surface area contributed by atoms with Gasteiger partial charge in [-0.3, -0.25) is 4.72 Å². The van der Waals surface area contributed by atoms with Gasteiger partial charge >= 0.3 is 0 Å². The van der Waals surface area contributed by atoms with E-state index in [-0.39, 0.29) is 0 Å². The molecule has 1 aromatic rings. The highest BCUT2D eigenvalue weighted by molar-refractivity contribution is 7.89. The van der Waals surface area contributed by atoms with Crippen molar-refractivity contribution >= 4 is 16.1 Å². The minimum absolute atomic E-state index is 0.356. The molecule has 0 saturated carbocycles. The van der Waals surface area contributed by atoms with Crippen LogP contribution in [-0.4, -0.2) is 8.42 Å². The summed E-state index contributed by atoms with van der Waals surface area (Å²) in [6.45, 7) is 1.87. The predicted molar refractivity (Wildman–Crippen MR) is 50.5 cm³/mol. The maximum Gasteiger partial charge on any atom is 0.262 e. The molecule has 13 heavy (non-hydrogen) atoms. The highest BCUT2D eigenvalue weighted by Gasteiger charge is 2.18. The minimum Gasteiger partial charge on any atom is -0.286 e. The number of rotatable bonds is 0. The van der Waals surface area contributed by atoms with E-state index in [1.165, 1.54) is 6.20 Å². The molecule has 1 aliphatic rings. The van der Waals surface area contributed by atoms with Gasteiger partial charge in [0, 0.05) is 6.20 Å². The van der Waals surface area contributed by atoms with Crippen LogP contribution in [0.4, 0.5) is 0 Å². The van der Waals surface area contributed by atoms with Crippen LogP contribution < -0.4 is 4.72 Å². The summed E-state index contributed by atoms with van der Waals surface area (Å²) >= 11 is 0. The highest BCUT2D eigenvalue weighted by atomic mass is 32.2. The van der Waals surface area contributed by atoms with E-state index >= 15 is 0 Å². The van der Waals surface area contributed by atoms with Crippen LogP contribution in [0, 0.1) is 6.92 Å². The highest BCUT2D eigenvalue weighted by Crippen LogP contribution is 2.21. The van der Waals surface area contributed by atoms with Crippen LogP contribution in [-0.2, 0) is 10.0 Å². The second-order valence-corrected chi connectivity index (χ2v) is 4.68. The van der Waals surface area contributed by atoms with Gasteiger partial charge in [0.2, 0.25) is 0 Å². The van der Waals surface area contributed by atoms with Crippen molar-refractivity contribution in [1.29, 1.82) is 0 Å². The lowest BCUT2D eigenvalue weighted by Crippen LogP contribution is -2.21. The number of nitrogens with one attached hydrogen (secondary N) is 1. The number of sulfonamides is 1. The Morgan fingerprint density at radius 2 is 2.08 bits per heavy atom. The number of hydrogen-bond acceptors (Lipinski definition) is 2. The lowest BCUT2D eigenvalue weighted by molar-refractivity contribution is 0.589. The fourth-order valence-electron chi connectivity index (χ4n) is 1.29. The molecule has 0 amide bonds. The van der Waals surface area contributed by atoms with Gasteiger partial charge < -0.3 is 0 Å². The monoisotopic (exact) mass is 195 g/mol. The van der Waals surface area contributed by atoms with Crippen molar-refractivity contribution in [3.05, 3.63) is 35.5 Å². The first-order chi connectivity index (χ1) is 6.09. The van der Waals surface area contributed by atoms with Gasteiger partial charge in [0.05, 0.1) is 4.90 Å². The molecule has 1 aliphatic heterocycles. The van der Waals surface area contributed by atoms with Gasteiger partial charge in [-0.05, 0) is 30.2 Å². The van der Waals surface area contributed by atoms with Crippen molar-refractivity contribution in [2.75, 3.05) is 0 Å². The second kappa shape index (κ2) is 2.60. The Morgan fingerprint density at radius 3 is 2.85 bits per heavy atom. The van der Waals surface area contributed by atoms with Crippen molar-refractivity contribution in [1.82, 2.24) is 4.72 Å². The fourth-order valence-corrected chi connectivity index (χ4v) is 2.45. The van der Waals surface area contributed by atoms with Crippen molar-refractivity contribution in [2.45, 2.75) is 11.8 Å². The number of aryl methyl sites for hydroxylation is 1. The summed E-state index contributed by atoms with van der Waals surface area (Å²) in [4.78, 5) is 0.356. The van der Waals surface area contributed by atoms with E-state index < -0.39 is 10.0 Å². The first-order valence-electron chi connectivity index (χ1n) is 3.89. The van der Waals surface area contributed by atoms with Gasteiger partial charge in [-0.25, -0.2) is 8.42 Å². The lowest BCUT2D eigenvalue weighted by atomic mass is 10.1. The van der Waals surface area contributed by atoms with Gasteiger partial charge in [-0.1, -0.05) is 12.1 Å². The third-order valence-electron chi connectivity index (χ3n) is 1.94. The number of fused-ring (bicyclic) bond motifs is 1. The molecule has 0 saturated heterocycles. The van der Waals surface area contributed by atoms with Gasteiger partial charge in [0.1, 0.15) is 0 Å². The second-order valence-electron chi connectivity index (χ2n) is 3.00. The first-order valence-corrected chi connectivity index (χ1v) is 5.37. The van der Waals surface area contributed by atoms with Gasteiger partial charge in [0.15, 0.2) is 0 Å². The average Bonchev–Trinajstić information content (AvgIpc) is 2.06. The molecule has 0 aromatic heterocycles. The number of benzene rings is 1. The minimum atomic E-state index is -3.30. The van der Waals surface area contributed by atoms with E-state index in [0.717, 1.165) is 11.1 Å². The molecule has 1 aromatic carbocycles. The molecule has 0 atom stereocenters. The van der Waals surface area contributed by atoms with Gasteiger partial charge in [-0.15, -0.1) is 0 Å². The zero-order chi connectivity index (χ0) is 9.47. The average molecular weight is 195 g/mol. The molecule has 1 N–H and O–H groups in total. The van der Waals surface area contributed by atoms with Crippen LogP contribution in [0.3, 0.4) is 0 Å². The molecular formula is C9H9NO2S. The third-order valence-corrected chi connectivity index (χ3v) is 3.32. The maximum absolute atomic E-state index is 11.5. The van der Waals surface area contributed by atoms with E-state index in [9.17, 15) is 8.42 Å². The molecule has 0 spiro atoms. The smallest absolute Gasteiger partial charge is 0.262 e. The summed E-state index contributed by atoms with van der Waals surface area (Å²) in [5.74, 6) is 0. The summed E-state index contributed by atoms with van der Waals surface area (Å²) in [6.07, 6.45) is 3.18. The topological polar surface area (TPSA) is 46.2 Å². The van der Waals surface area contributed by atoms with Crippen LogP contribution in [0.5, 0.6) is 0 Å². The van der Waals surface area contributed by atoms with Crippen molar-refractivity contribution < 1.29 is 8.42 Å². The Labute approximate surface area is 77.1 Å². The summed E-state index contributed by atoms with van der Waals surface area (Å²) in [6, 6.07) is 5.37. The summed E-state index contributed by atoms with van der Waals surface area (Å²) < 4.78 is 25.3. The van der Waals surface area contributed by atoms with Crippen LogP contribution >= 0.6 is 0 Å². The molecule has 0 unspecified atom stereocenters. The van der Waals surface area contributed by atoms with E-state index in [0.29, 0.717) is 4.90 Å². The zero-order valence-corrected chi connectivity index (χ0v) is 7.93. The van der Waals surface area contributed by atoms with Crippen molar-refractivity contribution in [3.63, 3.8) is 0 Å². The summed E-state index contributed by atoms with van der Waals surface area (Å²) in [5, 5.41) is 0. The standard InChI is InChI=1S/C9H9NO2S/c1-7-2-3-8-4-5-10-13(11,12)9(8)6-7/h2-6,10H,1H3. The molecule has 4 heteroatoms. The van der Waals surface area contributed by atoms with Gasteiger partial charge in [0.25, 0.3) is 10.0 Å². The molecule has 0 bridgehead atoms. The summed E-state index contributed by atoms with van der Waals surface area (Å²) in [5.41, 5.74) is 1.68. The Hall–Kier alpha value is -1.29. The molecule has 1 heterocycles. The molecule has 3 nitrogen and oxygen atoms in total. The molecule has 0 fully saturated rings. The van der Waals surface area contributed by atoms with E-state index in [1.54, 1.807) is 18.2 Å². The Kier molecular flexibility index (Phi) is 1.66. The Bertz CT molecular complexity index is 474. The fraction of sp³-hybridized carbons (Fsp3) is 0.111. The largest absolute Gasteiger partial charge is 0.286 e. The normalized spacial score (nSPS) is 17.6. The molecule has 0 radical (unpaired) electrons. The zero-order valence-electron chi connectivity index (χ0n) is 7.11. The van der Waals surface area contributed by atoms with Crippen LogP contribution in [0.15, 0.2) is 29.3 Å². The van der Waals surface area contributed by atoms with Crippen molar-refractivity contribution in [2.24, 2.45) is 0 Å². The lowest BCUT2D eigenvalue weighted by Gasteiger charge is -2.12. The molecule has 0 aliphatic carbocycles. The van der Waals surface area contributed by atoms with E-state index in [4.69, 9.17) is 0 Å².